The third kappa shape index (κ3) is 4.59. The number of fused-ring (bicyclic) bond motifs is 1. The summed E-state index contributed by atoms with van der Waals surface area (Å²) in [4.78, 5) is 17.9. The lowest BCUT2D eigenvalue weighted by Gasteiger charge is -2.28. The van der Waals surface area contributed by atoms with E-state index in [-0.39, 0.29) is 23.3 Å². The van der Waals surface area contributed by atoms with Crippen LogP contribution in [0.15, 0.2) is 27.6 Å². The molecule has 3 rings (SSSR count). The van der Waals surface area contributed by atoms with E-state index >= 15 is 0 Å². The summed E-state index contributed by atoms with van der Waals surface area (Å²) in [6, 6.07) is 4.94. The summed E-state index contributed by atoms with van der Waals surface area (Å²) in [6.45, 7) is 6.43. The van der Waals surface area contributed by atoms with Crippen LogP contribution in [-0.2, 0) is 27.7 Å². The van der Waals surface area contributed by atoms with Gasteiger partial charge in [0.05, 0.1) is 4.90 Å². The van der Waals surface area contributed by atoms with Crippen LogP contribution in [0.1, 0.15) is 56.8 Å². The molecule has 1 aliphatic rings. The van der Waals surface area contributed by atoms with E-state index in [0.29, 0.717) is 31.1 Å². The predicted octanol–water partition coefficient (Wildman–Crippen LogP) is 2.40. The van der Waals surface area contributed by atoms with Gasteiger partial charge in [0.15, 0.2) is 5.82 Å². The number of sulfonamides is 1. The zero-order valence-corrected chi connectivity index (χ0v) is 17.3. The van der Waals surface area contributed by atoms with E-state index in [1.54, 1.807) is 23.1 Å². The maximum absolute atomic E-state index is 12.6. The molecule has 1 N–H and O–H groups in total. The highest BCUT2D eigenvalue weighted by atomic mass is 32.2. The molecule has 1 aliphatic heterocycles. The van der Waals surface area contributed by atoms with Crippen LogP contribution in [0.3, 0.4) is 0 Å². The van der Waals surface area contributed by atoms with Gasteiger partial charge in [-0.3, -0.25) is 4.79 Å². The molecule has 2 heterocycles. The van der Waals surface area contributed by atoms with E-state index in [9.17, 15) is 13.2 Å². The van der Waals surface area contributed by atoms with Crippen molar-refractivity contribution in [2.75, 3.05) is 18.0 Å². The second-order valence-electron chi connectivity index (χ2n) is 7.27. The van der Waals surface area contributed by atoms with Gasteiger partial charge in [-0.15, -0.1) is 0 Å². The standard InChI is InChI=1S/C19H26N4O4S/c1-13(2)19-21-18(27-22-19)7-4-10-20-28(25,26)16-8-9-17-15(12-16)6-5-11-23(17)14(3)24/h8-9,12-13,20H,4-7,10-11H2,1-3H3. The second kappa shape index (κ2) is 8.40. The molecule has 1 aromatic heterocycles. The Hall–Kier alpha value is -2.26. The monoisotopic (exact) mass is 406 g/mol. The van der Waals surface area contributed by atoms with Crippen LogP contribution in [0.2, 0.25) is 0 Å². The van der Waals surface area contributed by atoms with Gasteiger partial charge in [-0.1, -0.05) is 19.0 Å². The first kappa shape index (κ1) is 20.5. The van der Waals surface area contributed by atoms with Crippen molar-refractivity contribution < 1.29 is 17.7 Å². The number of carbonyl (C=O) groups is 1. The molecule has 0 saturated heterocycles. The minimum Gasteiger partial charge on any atom is -0.339 e. The van der Waals surface area contributed by atoms with Crippen molar-refractivity contribution in [1.82, 2.24) is 14.9 Å². The summed E-state index contributed by atoms with van der Waals surface area (Å²) in [7, 11) is -3.61. The Morgan fingerprint density at radius 3 is 2.82 bits per heavy atom. The fraction of sp³-hybridized carbons (Fsp3) is 0.526. The average Bonchev–Trinajstić information content (AvgIpc) is 3.13. The Kier molecular flexibility index (Phi) is 6.14. The molecular formula is C19H26N4O4S. The Labute approximate surface area is 165 Å². The first-order valence-electron chi connectivity index (χ1n) is 9.51. The fourth-order valence-electron chi connectivity index (χ4n) is 3.20. The van der Waals surface area contributed by atoms with Crippen molar-refractivity contribution in [2.24, 2.45) is 0 Å². The Morgan fingerprint density at radius 2 is 2.14 bits per heavy atom. The Bertz CT molecular complexity index is 953. The van der Waals surface area contributed by atoms with E-state index in [1.807, 2.05) is 13.8 Å². The minimum atomic E-state index is -3.61. The smallest absolute Gasteiger partial charge is 0.240 e. The van der Waals surface area contributed by atoms with Crippen LogP contribution in [0.4, 0.5) is 5.69 Å². The molecule has 1 amide bonds. The highest BCUT2D eigenvalue weighted by molar-refractivity contribution is 7.89. The third-order valence-electron chi connectivity index (χ3n) is 4.72. The highest BCUT2D eigenvalue weighted by Gasteiger charge is 2.23. The van der Waals surface area contributed by atoms with Crippen molar-refractivity contribution >= 4 is 21.6 Å². The number of aryl methyl sites for hydroxylation is 2. The molecule has 0 aliphatic carbocycles. The largest absolute Gasteiger partial charge is 0.339 e. The van der Waals surface area contributed by atoms with E-state index in [2.05, 4.69) is 14.9 Å². The quantitative estimate of drug-likeness (QED) is 0.708. The van der Waals surface area contributed by atoms with Crippen LogP contribution in [0.25, 0.3) is 0 Å². The molecular weight excluding hydrogens is 380 g/mol. The lowest BCUT2D eigenvalue weighted by atomic mass is 10.0. The lowest BCUT2D eigenvalue weighted by molar-refractivity contribution is -0.116. The lowest BCUT2D eigenvalue weighted by Crippen LogP contribution is -2.33. The van der Waals surface area contributed by atoms with E-state index in [0.717, 1.165) is 24.1 Å². The summed E-state index contributed by atoms with van der Waals surface area (Å²) in [5, 5.41) is 3.90. The molecule has 0 fully saturated rings. The molecule has 2 aromatic rings. The molecule has 8 nitrogen and oxygen atoms in total. The molecule has 28 heavy (non-hydrogen) atoms. The van der Waals surface area contributed by atoms with Crippen LogP contribution < -0.4 is 9.62 Å². The highest BCUT2D eigenvalue weighted by Crippen LogP contribution is 2.29. The minimum absolute atomic E-state index is 0.0312. The van der Waals surface area contributed by atoms with Gasteiger partial charge >= 0.3 is 0 Å². The van der Waals surface area contributed by atoms with Gasteiger partial charge < -0.3 is 9.42 Å². The molecule has 0 saturated carbocycles. The number of anilines is 1. The van der Waals surface area contributed by atoms with Crippen molar-refractivity contribution in [3.63, 3.8) is 0 Å². The number of nitrogens with zero attached hydrogens (tertiary/aromatic N) is 3. The number of benzene rings is 1. The Balaban J connectivity index is 1.60. The van der Waals surface area contributed by atoms with Gasteiger partial charge in [-0.2, -0.15) is 4.98 Å². The molecule has 0 radical (unpaired) electrons. The number of hydrogen-bond donors (Lipinski definition) is 1. The number of nitrogens with one attached hydrogen (secondary N) is 1. The number of hydrogen-bond acceptors (Lipinski definition) is 6. The van der Waals surface area contributed by atoms with Gasteiger partial charge in [0, 0.05) is 38.0 Å². The Morgan fingerprint density at radius 1 is 1.36 bits per heavy atom. The van der Waals surface area contributed by atoms with Crippen molar-refractivity contribution in [1.29, 1.82) is 0 Å². The van der Waals surface area contributed by atoms with Crippen LogP contribution in [0, 0.1) is 0 Å². The summed E-state index contributed by atoms with van der Waals surface area (Å²) < 4.78 is 33.0. The molecule has 1 aromatic carbocycles. The summed E-state index contributed by atoms with van der Waals surface area (Å²) in [5.41, 5.74) is 1.69. The van der Waals surface area contributed by atoms with E-state index in [1.165, 1.54) is 6.92 Å². The number of amides is 1. The second-order valence-corrected chi connectivity index (χ2v) is 9.03. The first-order valence-corrected chi connectivity index (χ1v) is 11.0. The predicted molar refractivity (Wildman–Crippen MR) is 105 cm³/mol. The topological polar surface area (TPSA) is 105 Å². The molecule has 9 heteroatoms. The average molecular weight is 407 g/mol. The summed E-state index contributed by atoms with van der Waals surface area (Å²) in [5.74, 6) is 1.33. The number of carbonyl (C=O) groups excluding carboxylic acids is 1. The zero-order chi connectivity index (χ0) is 20.3. The summed E-state index contributed by atoms with van der Waals surface area (Å²) >= 11 is 0. The van der Waals surface area contributed by atoms with E-state index < -0.39 is 10.0 Å². The number of rotatable bonds is 7. The normalized spacial score (nSPS) is 14.4. The maximum Gasteiger partial charge on any atom is 0.240 e. The van der Waals surface area contributed by atoms with Gasteiger partial charge in [-0.05, 0) is 43.0 Å². The third-order valence-corrected chi connectivity index (χ3v) is 6.18. The van der Waals surface area contributed by atoms with Crippen molar-refractivity contribution in [3.8, 4) is 0 Å². The van der Waals surface area contributed by atoms with Crippen LogP contribution >= 0.6 is 0 Å². The molecule has 0 spiro atoms. The van der Waals surface area contributed by atoms with Gasteiger partial charge in [0.2, 0.25) is 21.8 Å². The van der Waals surface area contributed by atoms with Crippen molar-refractivity contribution in [2.45, 2.75) is 57.3 Å². The molecule has 0 unspecified atom stereocenters. The fourth-order valence-corrected chi connectivity index (χ4v) is 4.33. The van der Waals surface area contributed by atoms with Gasteiger partial charge in [0.1, 0.15) is 0 Å². The molecule has 0 atom stereocenters. The van der Waals surface area contributed by atoms with E-state index in [4.69, 9.17) is 4.52 Å². The van der Waals surface area contributed by atoms with Gasteiger partial charge in [-0.25, -0.2) is 13.1 Å². The van der Waals surface area contributed by atoms with Crippen LogP contribution in [-0.4, -0.2) is 37.6 Å². The zero-order valence-electron chi connectivity index (χ0n) is 16.4. The first-order chi connectivity index (χ1) is 13.3. The van der Waals surface area contributed by atoms with Gasteiger partial charge in [0.25, 0.3) is 0 Å². The molecule has 0 bridgehead atoms. The van der Waals surface area contributed by atoms with Crippen LogP contribution in [0.5, 0.6) is 0 Å². The SMILES string of the molecule is CC(=O)N1CCCc2cc(S(=O)(=O)NCCCc3nc(C(C)C)no3)ccc21. The number of aromatic nitrogens is 2. The van der Waals surface area contributed by atoms with Crippen molar-refractivity contribution in [3.05, 3.63) is 35.5 Å². The summed E-state index contributed by atoms with van der Waals surface area (Å²) in [6.07, 6.45) is 2.66. The molecule has 152 valence electrons. The maximum atomic E-state index is 12.6.